The molecule has 0 unspecified atom stereocenters. The van der Waals surface area contributed by atoms with E-state index in [9.17, 15) is 0 Å². The van der Waals surface area contributed by atoms with Crippen LogP contribution in [0.1, 0.15) is 5.82 Å². The number of likely N-dealkylation sites (N-methyl/N-ethyl adjacent to an activating group) is 1. The van der Waals surface area contributed by atoms with E-state index in [0.29, 0.717) is 0 Å². The lowest BCUT2D eigenvalue weighted by molar-refractivity contribution is 0.602. The molecule has 0 aliphatic rings. The standard InChI is InChI=1S/C13H13BrN4O/c1-15-5-4-11-17-12(13(14)18-11)8-2-3-9-10(6-8)19-7-16-9/h2-3,6-7,15H,4-5H2,1H3,(H,17,18). The molecule has 2 N–H and O–H groups in total. The van der Waals surface area contributed by atoms with Crippen LogP contribution in [-0.4, -0.2) is 28.5 Å². The topological polar surface area (TPSA) is 66.7 Å². The minimum absolute atomic E-state index is 0.768. The zero-order valence-electron chi connectivity index (χ0n) is 10.4. The molecule has 0 amide bonds. The molecule has 0 saturated heterocycles. The van der Waals surface area contributed by atoms with Gasteiger partial charge in [0.2, 0.25) is 0 Å². The molecule has 0 radical (unpaired) electrons. The van der Waals surface area contributed by atoms with E-state index >= 15 is 0 Å². The third-order valence-corrected chi connectivity index (χ3v) is 3.50. The maximum absolute atomic E-state index is 5.32. The van der Waals surface area contributed by atoms with Crippen molar-refractivity contribution in [2.45, 2.75) is 6.42 Å². The van der Waals surface area contributed by atoms with Gasteiger partial charge >= 0.3 is 0 Å². The van der Waals surface area contributed by atoms with Crippen LogP contribution in [0, 0.1) is 0 Å². The minimum Gasteiger partial charge on any atom is -0.443 e. The molecular formula is C13H13BrN4O. The van der Waals surface area contributed by atoms with E-state index in [2.05, 4.69) is 36.2 Å². The summed E-state index contributed by atoms with van der Waals surface area (Å²) in [6, 6.07) is 5.88. The number of imidazole rings is 1. The van der Waals surface area contributed by atoms with Crippen molar-refractivity contribution in [3.05, 3.63) is 35.0 Å². The number of hydrogen-bond donors (Lipinski definition) is 2. The van der Waals surface area contributed by atoms with Gasteiger partial charge in [-0.25, -0.2) is 9.97 Å². The lowest BCUT2D eigenvalue weighted by atomic mass is 10.1. The number of hydrogen-bond acceptors (Lipinski definition) is 4. The molecule has 3 rings (SSSR count). The summed E-state index contributed by atoms with van der Waals surface area (Å²) in [4.78, 5) is 12.0. The smallest absolute Gasteiger partial charge is 0.181 e. The van der Waals surface area contributed by atoms with Gasteiger partial charge in [0.05, 0.1) is 0 Å². The molecule has 2 heterocycles. The fourth-order valence-electron chi connectivity index (χ4n) is 1.95. The molecule has 0 spiro atoms. The Labute approximate surface area is 118 Å². The number of fused-ring (bicyclic) bond motifs is 1. The first kappa shape index (κ1) is 12.4. The van der Waals surface area contributed by atoms with Crippen molar-refractivity contribution in [1.82, 2.24) is 20.3 Å². The SMILES string of the molecule is CNCCc1nc(-c2ccc3ncoc3c2)c(Br)[nH]1. The van der Waals surface area contributed by atoms with Crippen molar-refractivity contribution < 1.29 is 4.42 Å². The second-order valence-electron chi connectivity index (χ2n) is 4.23. The summed E-state index contributed by atoms with van der Waals surface area (Å²) in [5.74, 6) is 0.953. The third kappa shape index (κ3) is 2.41. The lowest BCUT2D eigenvalue weighted by Crippen LogP contribution is -2.11. The largest absolute Gasteiger partial charge is 0.443 e. The molecule has 0 fully saturated rings. The maximum atomic E-state index is 5.32. The van der Waals surface area contributed by atoms with Gasteiger partial charge in [-0.15, -0.1) is 0 Å². The number of oxazole rings is 1. The Hall–Kier alpha value is -1.66. The Morgan fingerprint density at radius 3 is 3.16 bits per heavy atom. The molecule has 2 aromatic heterocycles. The van der Waals surface area contributed by atoms with Crippen LogP contribution in [-0.2, 0) is 6.42 Å². The van der Waals surface area contributed by atoms with Crippen molar-refractivity contribution in [2.75, 3.05) is 13.6 Å². The Morgan fingerprint density at radius 2 is 2.32 bits per heavy atom. The molecule has 0 aliphatic carbocycles. The van der Waals surface area contributed by atoms with Crippen molar-refractivity contribution in [3.8, 4) is 11.3 Å². The average Bonchev–Trinajstić information content (AvgIpc) is 3.01. The highest BCUT2D eigenvalue weighted by Gasteiger charge is 2.11. The van der Waals surface area contributed by atoms with Gasteiger partial charge in [-0.3, -0.25) is 0 Å². The van der Waals surface area contributed by atoms with Crippen LogP contribution >= 0.6 is 15.9 Å². The van der Waals surface area contributed by atoms with Crippen LogP contribution in [0.4, 0.5) is 0 Å². The average molecular weight is 321 g/mol. The highest BCUT2D eigenvalue weighted by Crippen LogP contribution is 2.28. The first-order valence-electron chi connectivity index (χ1n) is 6.00. The molecule has 0 aliphatic heterocycles. The quantitative estimate of drug-likeness (QED) is 0.775. The predicted octanol–water partition coefficient (Wildman–Crippen LogP) is 2.74. The van der Waals surface area contributed by atoms with Crippen LogP contribution < -0.4 is 5.32 Å². The van der Waals surface area contributed by atoms with Gasteiger partial charge in [0.25, 0.3) is 0 Å². The molecule has 1 aromatic carbocycles. The lowest BCUT2D eigenvalue weighted by Gasteiger charge is -1.97. The molecule has 6 heteroatoms. The molecule has 98 valence electrons. The number of nitrogens with zero attached hydrogens (tertiary/aromatic N) is 2. The summed E-state index contributed by atoms with van der Waals surface area (Å²) in [6.45, 7) is 0.889. The molecule has 5 nitrogen and oxygen atoms in total. The van der Waals surface area contributed by atoms with E-state index < -0.39 is 0 Å². The summed E-state index contributed by atoms with van der Waals surface area (Å²) < 4.78 is 6.20. The van der Waals surface area contributed by atoms with Crippen LogP contribution in [0.2, 0.25) is 0 Å². The Balaban J connectivity index is 1.98. The number of aromatic nitrogens is 3. The highest BCUT2D eigenvalue weighted by molar-refractivity contribution is 9.10. The maximum Gasteiger partial charge on any atom is 0.181 e. The monoisotopic (exact) mass is 320 g/mol. The van der Waals surface area contributed by atoms with Gasteiger partial charge in [0.15, 0.2) is 12.0 Å². The van der Waals surface area contributed by atoms with E-state index in [-0.39, 0.29) is 0 Å². The molecular weight excluding hydrogens is 308 g/mol. The minimum atomic E-state index is 0.768. The van der Waals surface area contributed by atoms with Crippen LogP contribution in [0.3, 0.4) is 0 Å². The van der Waals surface area contributed by atoms with Crippen molar-refractivity contribution in [2.24, 2.45) is 0 Å². The first-order valence-corrected chi connectivity index (χ1v) is 6.80. The van der Waals surface area contributed by atoms with E-state index in [1.54, 1.807) is 0 Å². The fraction of sp³-hybridized carbons (Fsp3) is 0.231. The number of aromatic amines is 1. The van der Waals surface area contributed by atoms with E-state index in [1.807, 2.05) is 25.2 Å². The van der Waals surface area contributed by atoms with Gasteiger partial charge < -0.3 is 14.7 Å². The van der Waals surface area contributed by atoms with E-state index in [0.717, 1.165) is 45.8 Å². The van der Waals surface area contributed by atoms with Gasteiger partial charge in [0, 0.05) is 18.5 Å². The van der Waals surface area contributed by atoms with Gasteiger partial charge in [-0.2, -0.15) is 0 Å². The Kier molecular flexibility index (Phi) is 3.35. The zero-order chi connectivity index (χ0) is 13.2. The summed E-state index contributed by atoms with van der Waals surface area (Å²) in [7, 11) is 1.93. The van der Waals surface area contributed by atoms with E-state index in [1.165, 1.54) is 6.39 Å². The van der Waals surface area contributed by atoms with Crippen LogP contribution in [0.5, 0.6) is 0 Å². The number of nitrogens with one attached hydrogen (secondary N) is 2. The molecule has 19 heavy (non-hydrogen) atoms. The first-order chi connectivity index (χ1) is 9.28. The predicted molar refractivity (Wildman–Crippen MR) is 76.9 cm³/mol. The van der Waals surface area contributed by atoms with E-state index in [4.69, 9.17) is 4.42 Å². The van der Waals surface area contributed by atoms with Crippen molar-refractivity contribution in [1.29, 1.82) is 0 Å². The molecule has 0 atom stereocenters. The molecule has 3 aromatic rings. The van der Waals surface area contributed by atoms with Gasteiger partial charge in [0.1, 0.15) is 21.6 Å². The number of benzene rings is 1. The second-order valence-corrected chi connectivity index (χ2v) is 5.03. The van der Waals surface area contributed by atoms with Crippen molar-refractivity contribution >= 4 is 27.0 Å². The summed E-state index contributed by atoms with van der Waals surface area (Å²) in [6.07, 6.45) is 2.31. The van der Waals surface area contributed by atoms with Gasteiger partial charge in [-0.05, 0) is 35.1 Å². The van der Waals surface area contributed by atoms with Crippen LogP contribution in [0.15, 0.2) is 33.6 Å². The molecule has 0 saturated carbocycles. The van der Waals surface area contributed by atoms with Crippen molar-refractivity contribution in [3.63, 3.8) is 0 Å². The van der Waals surface area contributed by atoms with Gasteiger partial charge in [-0.1, -0.05) is 6.07 Å². The zero-order valence-corrected chi connectivity index (χ0v) is 12.0. The fourth-order valence-corrected chi connectivity index (χ4v) is 2.50. The Morgan fingerprint density at radius 1 is 1.42 bits per heavy atom. The number of rotatable bonds is 4. The normalized spacial score (nSPS) is 11.3. The van der Waals surface area contributed by atoms with Crippen LogP contribution in [0.25, 0.3) is 22.4 Å². The Bertz CT molecular complexity index is 704. The summed E-state index contributed by atoms with van der Waals surface area (Å²) in [5.41, 5.74) is 3.52. The number of halogens is 1. The highest BCUT2D eigenvalue weighted by atomic mass is 79.9. The second kappa shape index (κ2) is 5.14. The summed E-state index contributed by atoms with van der Waals surface area (Å²) >= 11 is 3.52. The molecule has 0 bridgehead atoms. The number of H-pyrrole nitrogens is 1. The third-order valence-electron chi connectivity index (χ3n) is 2.93. The summed E-state index contributed by atoms with van der Waals surface area (Å²) in [5, 5.41) is 3.11.